The third-order valence-electron chi connectivity index (χ3n) is 7.25. The highest BCUT2D eigenvalue weighted by Gasteiger charge is 2.42. The Morgan fingerprint density at radius 1 is 0.897 bits per heavy atom. The first-order valence-electron chi connectivity index (χ1n) is 13.3. The standard InChI is InChI=1S/C31H35NO7/c1-3-8-29(35)38-39-30(36)28-21-31(2,24-13-15-25(37-28)16-14-24)32(19-17-22-9-4-6-11-26(22)33)20-18-23-10-5-7-12-27(23)34/h4-7,9-16,28,33-34H,3,8,17-21H2,1-2H3/t28?,31-/m1/s1. The van der Waals surface area contributed by atoms with Gasteiger partial charge in [0.2, 0.25) is 6.10 Å². The summed E-state index contributed by atoms with van der Waals surface area (Å²) in [6.45, 7) is 4.97. The summed E-state index contributed by atoms with van der Waals surface area (Å²) in [5.41, 5.74) is 1.89. The topological polar surface area (TPSA) is 106 Å². The molecule has 0 saturated heterocycles. The molecule has 0 amide bonds. The van der Waals surface area contributed by atoms with E-state index in [9.17, 15) is 19.8 Å². The van der Waals surface area contributed by atoms with Crippen molar-refractivity contribution in [3.63, 3.8) is 0 Å². The highest BCUT2D eigenvalue weighted by atomic mass is 17.2. The van der Waals surface area contributed by atoms with Crippen LogP contribution in [0.5, 0.6) is 17.2 Å². The second-order valence-electron chi connectivity index (χ2n) is 9.96. The van der Waals surface area contributed by atoms with Gasteiger partial charge >= 0.3 is 11.9 Å². The number of carbonyl (C=O) groups excluding carboxylic acids is 2. The molecule has 0 fully saturated rings. The maximum atomic E-state index is 13.0. The fourth-order valence-electron chi connectivity index (χ4n) is 4.97. The molecule has 39 heavy (non-hydrogen) atoms. The predicted octanol–water partition coefficient (Wildman–Crippen LogP) is 5.05. The van der Waals surface area contributed by atoms with Crippen molar-refractivity contribution in [3.05, 3.63) is 89.5 Å². The molecule has 2 N–H and O–H groups in total. The van der Waals surface area contributed by atoms with Crippen LogP contribution < -0.4 is 4.74 Å². The summed E-state index contributed by atoms with van der Waals surface area (Å²) in [6.07, 6.45) is 1.04. The van der Waals surface area contributed by atoms with Crippen molar-refractivity contribution in [1.29, 1.82) is 0 Å². The van der Waals surface area contributed by atoms with Crippen molar-refractivity contribution in [2.75, 3.05) is 13.1 Å². The fraction of sp³-hybridized carbons (Fsp3) is 0.355. The first-order valence-corrected chi connectivity index (χ1v) is 13.3. The summed E-state index contributed by atoms with van der Waals surface area (Å²) in [5, 5.41) is 20.8. The Morgan fingerprint density at radius 2 is 1.46 bits per heavy atom. The third-order valence-corrected chi connectivity index (χ3v) is 7.25. The summed E-state index contributed by atoms with van der Waals surface area (Å²) in [6, 6.07) is 22.0. The van der Waals surface area contributed by atoms with Crippen LogP contribution in [0.3, 0.4) is 0 Å². The van der Waals surface area contributed by atoms with Gasteiger partial charge in [-0.25, -0.2) is 19.4 Å². The zero-order valence-electron chi connectivity index (χ0n) is 22.3. The summed E-state index contributed by atoms with van der Waals surface area (Å²) >= 11 is 0. The minimum Gasteiger partial charge on any atom is -0.508 e. The van der Waals surface area contributed by atoms with Crippen LogP contribution >= 0.6 is 0 Å². The lowest BCUT2D eigenvalue weighted by molar-refractivity contribution is -0.264. The van der Waals surface area contributed by atoms with E-state index in [4.69, 9.17) is 14.5 Å². The molecule has 8 heteroatoms. The first kappa shape index (κ1) is 28.0. The summed E-state index contributed by atoms with van der Waals surface area (Å²) in [4.78, 5) is 36.7. The highest BCUT2D eigenvalue weighted by Crippen LogP contribution is 2.38. The van der Waals surface area contributed by atoms with E-state index in [1.165, 1.54) is 0 Å². The van der Waals surface area contributed by atoms with E-state index in [0.717, 1.165) is 16.7 Å². The quantitative estimate of drug-likeness (QED) is 0.275. The number of para-hydroxylation sites is 2. The zero-order valence-corrected chi connectivity index (χ0v) is 22.3. The Bertz CT molecular complexity index is 1230. The number of carbonyl (C=O) groups is 2. The average molecular weight is 534 g/mol. The lowest BCUT2D eigenvalue weighted by Crippen LogP contribution is -2.50. The van der Waals surface area contributed by atoms with Crippen LogP contribution in [-0.2, 0) is 37.7 Å². The number of benzene rings is 3. The van der Waals surface area contributed by atoms with Gasteiger partial charge in [0.15, 0.2) is 0 Å². The number of phenols is 2. The van der Waals surface area contributed by atoms with E-state index < -0.39 is 23.6 Å². The predicted molar refractivity (Wildman–Crippen MR) is 145 cm³/mol. The number of rotatable bonds is 10. The van der Waals surface area contributed by atoms with E-state index in [0.29, 0.717) is 38.1 Å². The van der Waals surface area contributed by atoms with E-state index in [-0.39, 0.29) is 24.3 Å². The smallest absolute Gasteiger partial charge is 0.395 e. The van der Waals surface area contributed by atoms with Crippen molar-refractivity contribution in [1.82, 2.24) is 4.90 Å². The van der Waals surface area contributed by atoms with Crippen LogP contribution in [0.1, 0.15) is 49.8 Å². The first-order chi connectivity index (χ1) is 18.8. The van der Waals surface area contributed by atoms with Gasteiger partial charge < -0.3 is 14.9 Å². The average Bonchev–Trinajstić information content (AvgIpc) is 2.92. The van der Waals surface area contributed by atoms with E-state index in [1.54, 1.807) is 36.4 Å². The Labute approximate surface area is 228 Å². The van der Waals surface area contributed by atoms with Gasteiger partial charge in [0.05, 0.1) is 0 Å². The summed E-state index contributed by atoms with van der Waals surface area (Å²) in [5.74, 6) is -0.435. The molecule has 2 aliphatic heterocycles. The van der Waals surface area contributed by atoms with Gasteiger partial charge in [-0.05, 0) is 67.1 Å². The normalized spacial score (nSPS) is 18.2. The number of hydrogen-bond acceptors (Lipinski definition) is 8. The number of phenolic OH excluding ortho intramolecular Hbond substituents is 2. The number of ether oxygens (including phenoxy) is 1. The molecule has 0 saturated carbocycles. The molecule has 2 bridgehead atoms. The Morgan fingerprint density at radius 3 is 2.00 bits per heavy atom. The maximum absolute atomic E-state index is 13.0. The zero-order chi connectivity index (χ0) is 27.8. The van der Waals surface area contributed by atoms with Crippen LogP contribution in [0.4, 0.5) is 0 Å². The van der Waals surface area contributed by atoms with Crippen LogP contribution in [-0.4, -0.2) is 46.2 Å². The van der Waals surface area contributed by atoms with Gasteiger partial charge in [0.1, 0.15) is 17.2 Å². The SMILES string of the molecule is CCCC(=O)OOC(=O)C1C[C@@](C)(N(CCc2ccccc2O)CCc2ccccc2O)c2ccc(cc2)O1. The molecular weight excluding hydrogens is 498 g/mol. The van der Waals surface area contributed by atoms with Gasteiger partial charge in [0.25, 0.3) is 0 Å². The molecule has 2 aliphatic rings. The molecule has 1 unspecified atom stereocenters. The number of fused-ring (bicyclic) bond motifs is 5. The van der Waals surface area contributed by atoms with Gasteiger partial charge in [-0.3, -0.25) is 4.90 Å². The fourth-order valence-corrected chi connectivity index (χ4v) is 4.97. The molecule has 3 aromatic carbocycles. The van der Waals surface area contributed by atoms with E-state index in [1.807, 2.05) is 50.2 Å². The van der Waals surface area contributed by atoms with Gasteiger partial charge in [0, 0.05) is 31.5 Å². The number of hydrogen-bond donors (Lipinski definition) is 2. The molecule has 0 radical (unpaired) electrons. The molecule has 206 valence electrons. The molecule has 5 rings (SSSR count). The lowest BCUT2D eigenvalue weighted by Gasteiger charge is -2.44. The summed E-state index contributed by atoms with van der Waals surface area (Å²) in [7, 11) is 0. The summed E-state index contributed by atoms with van der Waals surface area (Å²) < 4.78 is 6.00. The van der Waals surface area contributed by atoms with Crippen LogP contribution in [0.25, 0.3) is 0 Å². The van der Waals surface area contributed by atoms with Crippen LogP contribution in [0.2, 0.25) is 0 Å². The van der Waals surface area contributed by atoms with Gasteiger partial charge in [-0.15, -0.1) is 0 Å². The van der Waals surface area contributed by atoms with E-state index >= 15 is 0 Å². The highest BCUT2D eigenvalue weighted by molar-refractivity contribution is 5.77. The maximum Gasteiger partial charge on any atom is 0.395 e. The Kier molecular flexibility index (Phi) is 9.09. The van der Waals surface area contributed by atoms with E-state index in [2.05, 4.69) is 4.90 Å². The minimum atomic E-state index is -1.03. The molecule has 2 heterocycles. The third kappa shape index (κ3) is 6.89. The molecular formula is C31H35NO7. The minimum absolute atomic E-state index is 0.143. The number of aromatic hydroxyl groups is 2. The molecule has 2 atom stereocenters. The van der Waals surface area contributed by atoms with Gasteiger partial charge in [-0.2, -0.15) is 0 Å². The molecule has 8 nitrogen and oxygen atoms in total. The lowest BCUT2D eigenvalue weighted by atomic mass is 9.82. The molecule has 0 aromatic heterocycles. The van der Waals surface area contributed by atoms with Crippen molar-refractivity contribution < 1.29 is 34.3 Å². The van der Waals surface area contributed by atoms with Crippen molar-refractivity contribution >= 4 is 11.9 Å². The van der Waals surface area contributed by atoms with Crippen molar-refractivity contribution in [2.45, 2.75) is 57.6 Å². The van der Waals surface area contributed by atoms with Crippen molar-refractivity contribution in [2.24, 2.45) is 0 Å². The Hall–Kier alpha value is -4.04. The number of nitrogens with zero attached hydrogens (tertiary/aromatic N) is 1. The largest absolute Gasteiger partial charge is 0.508 e. The van der Waals surface area contributed by atoms with Crippen LogP contribution in [0.15, 0.2) is 72.8 Å². The van der Waals surface area contributed by atoms with Gasteiger partial charge in [-0.1, -0.05) is 55.5 Å². The monoisotopic (exact) mass is 533 g/mol. The van der Waals surface area contributed by atoms with Crippen molar-refractivity contribution in [3.8, 4) is 17.2 Å². The molecule has 0 spiro atoms. The second kappa shape index (κ2) is 12.7. The molecule has 3 aromatic rings. The van der Waals surface area contributed by atoms with Crippen LogP contribution in [0, 0.1) is 0 Å². The Balaban J connectivity index is 1.62. The molecule has 0 aliphatic carbocycles. The second-order valence-corrected chi connectivity index (χ2v) is 9.96.